The van der Waals surface area contributed by atoms with Crippen LogP contribution in [0.15, 0.2) is 42.6 Å². The third kappa shape index (κ3) is 2.67. The zero-order valence-electron chi connectivity index (χ0n) is 12.3. The first-order valence-electron chi connectivity index (χ1n) is 7.23. The van der Waals surface area contributed by atoms with Crippen molar-refractivity contribution in [2.75, 3.05) is 0 Å². The Labute approximate surface area is 124 Å². The number of nitrogens with zero attached hydrogens (tertiary/aromatic N) is 3. The Hall–Kier alpha value is -2.20. The molecule has 0 fully saturated rings. The first kappa shape index (κ1) is 13.8. The lowest BCUT2D eigenvalue weighted by Gasteiger charge is -2.11. The van der Waals surface area contributed by atoms with Gasteiger partial charge in [-0.05, 0) is 43.7 Å². The first-order valence-corrected chi connectivity index (χ1v) is 7.23. The van der Waals surface area contributed by atoms with E-state index >= 15 is 0 Å². The van der Waals surface area contributed by atoms with Gasteiger partial charge in [0.1, 0.15) is 11.9 Å². The van der Waals surface area contributed by atoms with E-state index in [0.29, 0.717) is 12.1 Å². The smallest absolute Gasteiger partial charge is 0.112 e. The Morgan fingerprint density at radius 2 is 2.05 bits per heavy atom. The van der Waals surface area contributed by atoms with E-state index in [1.54, 1.807) is 6.20 Å². The second-order valence-corrected chi connectivity index (χ2v) is 5.24. The molecule has 1 aromatic carbocycles. The molecule has 3 aromatic rings. The summed E-state index contributed by atoms with van der Waals surface area (Å²) in [6.07, 6.45) is 1.57. The Balaban J connectivity index is 1.94. The Bertz CT molecular complexity index is 764. The molecule has 0 aliphatic carbocycles. The van der Waals surface area contributed by atoms with Crippen LogP contribution in [-0.4, -0.2) is 19.6 Å². The fraction of sp³-hybridized carbons (Fsp3) is 0.294. The summed E-state index contributed by atoms with van der Waals surface area (Å²) in [6.45, 7) is 4.93. The molecule has 21 heavy (non-hydrogen) atoms. The summed E-state index contributed by atoms with van der Waals surface area (Å²) in [6, 6.07) is 11.9. The van der Waals surface area contributed by atoms with E-state index in [-0.39, 0.29) is 0 Å². The van der Waals surface area contributed by atoms with E-state index in [1.807, 2.05) is 37.3 Å². The lowest BCUT2D eigenvalue weighted by atomic mass is 10.1. The number of pyridine rings is 1. The minimum Gasteiger partial charge on any atom is -0.386 e. The highest BCUT2D eigenvalue weighted by Gasteiger charge is 2.16. The standard InChI is InChI=1S/C17H19N3O/c1-3-20-15-7-5-4-6-13(15)19-17(20)11-16(21)14-10-12(2)8-9-18-14/h4-10,16,21H,3,11H2,1-2H3. The van der Waals surface area contributed by atoms with Crippen LogP contribution in [0.3, 0.4) is 0 Å². The van der Waals surface area contributed by atoms with Crippen molar-refractivity contribution in [3.05, 3.63) is 59.7 Å². The highest BCUT2D eigenvalue weighted by molar-refractivity contribution is 5.75. The van der Waals surface area contributed by atoms with Gasteiger partial charge in [0.05, 0.1) is 16.7 Å². The molecule has 0 radical (unpaired) electrons. The number of aryl methyl sites for hydroxylation is 2. The van der Waals surface area contributed by atoms with E-state index in [0.717, 1.165) is 29.0 Å². The first-order chi connectivity index (χ1) is 10.2. The molecule has 3 rings (SSSR count). The van der Waals surface area contributed by atoms with Crippen LogP contribution in [0.4, 0.5) is 0 Å². The maximum atomic E-state index is 10.4. The molecule has 0 saturated carbocycles. The predicted molar refractivity (Wildman–Crippen MR) is 83.0 cm³/mol. The molecular weight excluding hydrogens is 262 g/mol. The van der Waals surface area contributed by atoms with Crippen LogP contribution >= 0.6 is 0 Å². The third-order valence-corrected chi connectivity index (χ3v) is 3.70. The zero-order valence-corrected chi connectivity index (χ0v) is 12.3. The fourth-order valence-corrected chi connectivity index (χ4v) is 2.65. The van der Waals surface area contributed by atoms with E-state index in [9.17, 15) is 5.11 Å². The summed E-state index contributed by atoms with van der Waals surface area (Å²) in [5.74, 6) is 0.898. The van der Waals surface area contributed by atoms with Crippen molar-refractivity contribution in [1.29, 1.82) is 0 Å². The molecule has 0 bridgehead atoms. The fourth-order valence-electron chi connectivity index (χ4n) is 2.65. The number of rotatable bonds is 4. The Morgan fingerprint density at radius 1 is 1.24 bits per heavy atom. The highest BCUT2D eigenvalue weighted by Crippen LogP contribution is 2.21. The number of aromatic nitrogens is 3. The van der Waals surface area contributed by atoms with Gasteiger partial charge in [-0.15, -0.1) is 0 Å². The van der Waals surface area contributed by atoms with Gasteiger partial charge in [-0.1, -0.05) is 12.1 Å². The zero-order chi connectivity index (χ0) is 14.8. The average Bonchev–Trinajstić information content (AvgIpc) is 2.84. The van der Waals surface area contributed by atoms with Crippen LogP contribution < -0.4 is 0 Å². The van der Waals surface area contributed by atoms with E-state index in [1.165, 1.54) is 0 Å². The topological polar surface area (TPSA) is 50.9 Å². The molecule has 0 spiro atoms. The van der Waals surface area contributed by atoms with E-state index < -0.39 is 6.10 Å². The minimum absolute atomic E-state index is 0.471. The molecule has 1 atom stereocenters. The van der Waals surface area contributed by atoms with Crippen LogP contribution in [0.2, 0.25) is 0 Å². The van der Waals surface area contributed by atoms with Crippen LogP contribution in [0.5, 0.6) is 0 Å². The van der Waals surface area contributed by atoms with Crippen molar-refractivity contribution >= 4 is 11.0 Å². The van der Waals surface area contributed by atoms with Crippen molar-refractivity contribution in [2.45, 2.75) is 32.9 Å². The van der Waals surface area contributed by atoms with E-state index in [4.69, 9.17) is 0 Å². The summed E-state index contributed by atoms with van der Waals surface area (Å²) < 4.78 is 2.15. The number of para-hydroxylation sites is 2. The molecule has 0 saturated heterocycles. The van der Waals surface area contributed by atoms with Gasteiger partial charge in [0, 0.05) is 19.2 Å². The van der Waals surface area contributed by atoms with Crippen LogP contribution in [0.1, 0.15) is 30.1 Å². The second kappa shape index (κ2) is 5.66. The molecule has 108 valence electrons. The minimum atomic E-state index is -0.632. The summed E-state index contributed by atoms with van der Waals surface area (Å²) in [4.78, 5) is 8.90. The monoisotopic (exact) mass is 281 g/mol. The molecule has 0 aliphatic heterocycles. The number of imidazole rings is 1. The highest BCUT2D eigenvalue weighted by atomic mass is 16.3. The largest absolute Gasteiger partial charge is 0.386 e. The number of hydrogen-bond acceptors (Lipinski definition) is 3. The molecule has 2 heterocycles. The number of aliphatic hydroxyl groups excluding tert-OH is 1. The van der Waals surface area contributed by atoms with Crippen molar-refractivity contribution < 1.29 is 5.11 Å². The summed E-state index contributed by atoms with van der Waals surface area (Å²) in [7, 11) is 0. The SMILES string of the molecule is CCn1c(CC(O)c2cc(C)ccn2)nc2ccccc21. The lowest BCUT2D eigenvalue weighted by molar-refractivity contribution is 0.170. The maximum absolute atomic E-state index is 10.4. The van der Waals surface area contributed by atoms with Gasteiger partial charge < -0.3 is 9.67 Å². The van der Waals surface area contributed by atoms with Crippen molar-refractivity contribution in [2.24, 2.45) is 0 Å². The summed E-state index contributed by atoms with van der Waals surface area (Å²) >= 11 is 0. The summed E-state index contributed by atoms with van der Waals surface area (Å²) in [5, 5.41) is 10.4. The molecule has 0 aliphatic rings. The van der Waals surface area contributed by atoms with Gasteiger partial charge in [0.25, 0.3) is 0 Å². The molecule has 1 N–H and O–H groups in total. The second-order valence-electron chi connectivity index (χ2n) is 5.24. The number of fused-ring (bicyclic) bond motifs is 1. The third-order valence-electron chi connectivity index (χ3n) is 3.70. The average molecular weight is 281 g/mol. The number of benzene rings is 1. The van der Waals surface area contributed by atoms with Crippen molar-refractivity contribution in [1.82, 2.24) is 14.5 Å². The van der Waals surface area contributed by atoms with Gasteiger partial charge in [0.15, 0.2) is 0 Å². The predicted octanol–water partition coefficient (Wildman–Crippen LogP) is 3.04. The maximum Gasteiger partial charge on any atom is 0.112 e. The molecule has 1 unspecified atom stereocenters. The molecule has 0 amide bonds. The van der Waals surface area contributed by atoms with Crippen molar-refractivity contribution in [3.8, 4) is 0 Å². The van der Waals surface area contributed by atoms with Gasteiger partial charge in [0.2, 0.25) is 0 Å². The summed E-state index contributed by atoms with van der Waals surface area (Å²) in [5.41, 5.74) is 3.88. The van der Waals surface area contributed by atoms with Gasteiger partial charge >= 0.3 is 0 Å². The molecular formula is C17H19N3O. The van der Waals surface area contributed by atoms with Gasteiger partial charge in [-0.2, -0.15) is 0 Å². The number of hydrogen-bond donors (Lipinski definition) is 1. The van der Waals surface area contributed by atoms with E-state index in [2.05, 4.69) is 27.5 Å². The normalized spacial score (nSPS) is 12.7. The van der Waals surface area contributed by atoms with Crippen LogP contribution in [0, 0.1) is 6.92 Å². The van der Waals surface area contributed by atoms with Crippen molar-refractivity contribution in [3.63, 3.8) is 0 Å². The van der Waals surface area contributed by atoms with Crippen LogP contribution in [-0.2, 0) is 13.0 Å². The van der Waals surface area contributed by atoms with Crippen LogP contribution in [0.25, 0.3) is 11.0 Å². The van der Waals surface area contributed by atoms with Gasteiger partial charge in [-0.3, -0.25) is 4.98 Å². The quantitative estimate of drug-likeness (QED) is 0.799. The molecule has 4 heteroatoms. The Morgan fingerprint density at radius 3 is 2.81 bits per heavy atom. The lowest BCUT2D eigenvalue weighted by Crippen LogP contribution is -2.09. The molecule has 2 aromatic heterocycles. The Kier molecular flexibility index (Phi) is 3.71. The van der Waals surface area contributed by atoms with Gasteiger partial charge in [-0.25, -0.2) is 4.98 Å². The number of aliphatic hydroxyl groups is 1. The molecule has 4 nitrogen and oxygen atoms in total.